The summed E-state index contributed by atoms with van der Waals surface area (Å²) in [5, 5.41) is 4.21. The minimum Gasteiger partial charge on any atom is -0.497 e. The van der Waals surface area contributed by atoms with Crippen molar-refractivity contribution in [1.82, 2.24) is 5.43 Å². The second kappa shape index (κ2) is 9.96. The minimum absolute atomic E-state index is 0.232. The smallest absolute Gasteiger partial charge is 0.271 e. The second-order valence-electron chi connectivity index (χ2n) is 8.70. The van der Waals surface area contributed by atoms with Crippen LogP contribution in [0.25, 0.3) is 0 Å². The Kier molecular flexibility index (Phi) is 6.82. The lowest BCUT2D eigenvalue weighted by Gasteiger charge is -2.30. The number of nitrogens with one attached hydrogen (secondary N) is 1. The second-order valence-corrected chi connectivity index (χ2v) is 8.70. The van der Waals surface area contributed by atoms with E-state index in [1.807, 2.05) is 30.3 Å². The van der Waals surface area contributed by atoms with Crippen LogP contribution in [0.4, 0.5) is 5.69 Å². The number of nitrogens with zero attached hydrogens (tertiary/aromatic N) is 2. The Balaban J connectivity index is 1.70. The number of amides is 1. The molecule has 0 bridgehead atoms. The number of fused-ring (bicyclic) bond motifs is 1. The zero-order valence-electron chi connectivity index (χ0n) is 20.2. The fourth-order valence-corrected chi connectivity index (χ4v) is 4.73. The molecular formula is C29H31N3O2. The van der Waals surface area contributed by atoms with Crippen molar-refractivity contribution in [1.29, 1.82) is 0 Å². The van der Waals surface area contributed by atoms with E-state index in [1.54, 1.807) is 25.5 Å². The van der Waals surface area contributed by atoms with Crippen LogP contribution in [0.2, 0.25) is 0 Å². The molecule has 1 unspecified atom stereocenters. The first-order valence-electron chi connectivity index (χ1n) is 11.6. The third-order valence-corrected chi connectivity index (χ3v) is 6.58. The average molecular weight is 454 g/mol. The summed E-state index contributed by atoms with van der Waals surface area (Å²) in [6.45, 7) is 7.39. The third kappa shape index (κ3) is 4.46. The fraction of sp³-hybridized carbons (Fsp3) is 0.241. The van der Waals surface area contributed by atoms with Crippen LogP contribution in [-0.2, 0) is 11.8 Å². The summed E-state index contributed by atoms with van der Waals surface area (Å²) in [6, 6.07) is 23.9. The Morgan fingerprint density at radius 1 is 1.09 bits per heavy atom. The molecule has 5 nitrogen and oxygen atoms in total. The first-order chi connectivity index (χ1) is 16.5. The average Bonchev–Trinajstić information content (AvgIpc) is 3.10. The molecule has 1 aliphatic rings. The molecule has 3 aromatic rings. The monoisotopic (exact) mass is 453 g/mol. The number of hydrogen-bond donors (Lipinski definition) is 1. The molecule has 0 saturated heterocycles. The number of likely N-dealkylation sites (N-methyl/N-ethyl adjacent to an activating group) is 1. The molecule has 4 rings (SSSR count). The number of anilines is 1. The van der Waals surface area contributed by atoms with Gasteiger partial charge in [-0.05, 0) is 80.3 Å². The van der Waals surface area contributed by atoms with Crippen LogP contribution in [0, 0.1) is 6.92 Å². The highest BCUT2D eigenvalue weighted by atomic mass is 16.5. The maximum atomic E-state index is 12.3. The molecule has 0 aromatic heterocycles. The maximum absolute atomic E-state index is 12.3. The van der Waals surface area contributed by atoms with Crippen LogP contribution < -0.4 is 15.1 Å². The molecule has 3 aromatic carbocycles. The number of methoxy groups -OCH3 is 1. The number of hydrogen-bond acceptors (Lipinski definition) is 4. The highest BCUT2D eigenvalue weighted by Gasteiger charge is 2.43. The van der Waals surface area contributed by atoms with Gasteiger partial charge in [0.05, 0.1) is 7.11 Å². The van der Waals surface area contributed by atoms with Crippen LogP contribution in [0.1, 0.15) is 40.9 Å². The zero-order chi connectivity index (χ0) is 24.1. The predicted octanol–water partition coefficient (Wildman–Crippen LogP) is 5.64. The minimum atomic E-state index is -0.290. The van der Waals surface area contributed by atoms with E-state index in [-0.39, 0.29) is 11.3 Å². The standard InChI is InChI=1S/C29H31N3O2/c1-5-32-26-16-15-24(34-4)19-25(26)29(3,20-23-14-10-9-11-21(23)2)27(32)17-18-30-31-28(33)22-12-7-6-8-13-22/h6-19H,5,20H2,1-4H3,(H,31,33)/b27-17-,30-18+. The number of allylic oxidation sites excluding steroid dienone is 2. The van der Waals surface area contributed by atoms with Crippen molar-refractivity contribution in [3.63, 3.8) is 0 Å². The fourth-order valence-electron chi connectivity index (χ4n) is 4.73. The first-order valence-corrected chi connectivity index (χ1v) is 11.6. The number of carbonyl (C=O) groups is 1. The molecule has 1 aliphatic heterocycles. The van der Waals surface area contributed by atoms with Crippen molar-refractivity contribution in [2.24, 2.45) is 5.10 Å². The van der Waals surface area contributed by atoms with Gasteiger partial charge in [0.2, 0.25) is 0 Å². The predicted molar refractivity (Wildman–Crippen MR) is 139 cm³/mol. The summed E-state index contributed by atoms with van der Waals surface area (Å²) in [5.41, 5.74) is 9.03. The van der Waals surface area contributed by atoms with Crippen molar-refractivity contribution in [3.05, 3.63) is 107 Å². The van der Waals surface area contributed by atoms with Gasteiger partial charge in [0.15, 0.2) is 0 Å². The summed E-state index contributed by atoms with van der Waals surface area (Å²) < 4.78 is 5.57. The third-order valence-electron chi connectivity index (χ3n) is 6.58. The van der Waals surface area contributed by atoms with E-state index in [2.05, 4.69) is 72.6 Å². The Morgan fingerprint density at radius 3 is 2.53 bits per heavy atom. The SMILES string of the molecule is CCN1/C(=C\C=N\NC(=O)c2ccccc2)C(C)(Cc2ccccc2C)c2cc(OC)ccc21. The molecule has 1 N–H and O–H groups in total. The van der Waals surface area contributed by atoms with Gasteiger partial charge in [-0.2, -0.15) is 5.10 Å². The van der Waals surface area contributed by atoms with Gasteiger partial charge in [-0.15, -0.1) is 0 Å². The van der Waals surface area contributed by atoms with Gasteiger partial charge in [-0.1, -0.05) is 42.5 Å². The van der Waals surface area contributed by atoms with Crippen molar-refractivity contribution in [3.8, 4) is 5.75 Å². The lowest BCUT2D eigenvalue weighted by atomic mass is 9.75. The Morgan fingerprint density at radius 2 is 1.82 bits per heavy atom. The number of rotatable bonds is 7. The quantitative estimate of drug-likeness (QED) is 0.372. The Hall–Kier alpha value is -3.86. The summed E-state index contributed by atoms with van der Waals surface area (Å²) >= 11 is 0. The van der Waals surface area contributed by atoms with E-state index in [4.69, 9.17) is 4.74 Å². The molecule has 0 fully saturated rings. The molecule has 1 atom stereocenters. The lowest BCUT2D eigenvalue weighted by molar-refractivity contribution is 0.0955. The number of ether oxygens (including phenoxy) is 1. The summed E-state index contributed by atoms with van der Waals surface area (Å²) in [6.07, 6.45) is 4.53. The molecule has 1 heterocycles. The van der Waals surface area contributed by atoms with Gasteiger partial charge in [0.1, 0.15) is 5.75 Å². The van der Waals surface area contributed by atoms with Gasteiger partial charge >= 0.3 is 0 Å². The molecule has 0 aliphatic carbocycles. The van der Waals surface area contributed by atoms with Crippen LogP contribution in [0.15, 0.2) is 89.7 Å². The van der Waals surface area contributed by atoms with Gasteiger partial charge in [-0.3, -0.25) is 4.79 Å². The molecule has 0 spiro atoms. The topological polar surface area (TPSA) is 53.9 Å². The van der Waals surface area contributed by atoms with Crippen molar-refractivity contribution in [2.45, 2.75) is 32.6 Å². The molecule has 34 heavy (non-hydrogen) atoms. The largest absolute Gasteiger partial charge is 0.497 e. The summed E-state index contributed by atoms with van der Waals surface area (Å²) in [5.74, 6) is 0.612. The van der Waals surface area contributed by atoms with Gasteiger partial charge in [-0.25, -0.2) is 5.43 Å². The molecule has 0 radical (unpaired) electrons. The van der Waals surface area contributed by atoms with E-state index in [0.717, 1.165) is 24.4 Å². The molecule has 5 heteroatoms. The number of benzene rings is 3. The Labute approximate surface area is 201 Å². The van der Waals surface area contributed by atoms with Crippen molar-refractivity contribution >= 4 is 17.8 Å². The zero-order valence-corrected chi connectivity index (χ0v) is 20.2. The van der Waals surface area contributed by atoms with E-state index in [0.29, 0.717) is 5.56 Å². The highest BCUT2D eigenvalue weighted by Crippen LogP contribution is 2.50. The molecule has 0 saturated carbocycles. The normalized spacial score (nSPS) is 18.4. The van der Waals surface area contributed by atoms with Gasteiger partial charge in [0.25, 0.3) is 5.91 Å². The summed E-state index contributed by atoms with van der Waals surface area (Å²) in [4.78, 5) is 14.7. The molecular weight excluding hydrogens is 422 g/mol. The van der Waals surface area contributed by atoms with E-state index in [1.165, 1.54) is 22.4 Å². The van der Waals surface area contributed by atoms with E-state index >= 15 is 0 Å². The Bertz CT molecular complexity index is 1230. The van der Waals surface area contributed by atoms with Crippen molar-refractivity contribution in [2.75, 3.05) is 18.6 Å². The van der Waals surface area contributed by atoms with E-state index in [9.17, 15) is 4.79 Å². The van der Waals surface area contributed by atoms with Crippen LogP contribution in [0.5, 0.6) is 5.75 Å². The molecule has 174 valence electrons. The highest BCUT2D eigenvalue weighted by molar-refractivity contribution is 5.94. The van der Waals surface area contributed by atoms with Crippen LogP contribution in [0.3, 0.4) is 0 Å². The lowest BCUT2D eigenvalue weighted by Crippen LogP contribution is -2.31. The van der Waals surface area contributed by atoms with Crippen molar-refractivity contribution < 1.29 is 9.53 Å². The maximum Gasteiger partial charge on any atom is 0.271 e. The summed E-state index contributed by atoms with van der Waals surface area (Å²) in [7, 11) is 1.70. The number of hydrazone groups is 1. The number of carbonyl (C=O) groups excluding carboxylic acids is 1. The van der Waals surface area contributed by atoms with Crippen LogP contribution in [-0.4, -0.2) is 25.8 Å². The van der Waals surface area contributed by atoms with Gasteiger partial charge < -0.3 is 9.64 Å². The first kappa shape index (κ1) is 23.3. The number of aryl methyl sites for hydroxylation is 1. The van der Waals surface area contributed by atoms with Crippen LogP contribution >= 0.6 is 0 Å². The molecule has 1 amide bonds. The van der Waals surface area contributed by atoms with Gasteiger partial charge in [0, 0.05) is 35.1 Å². The van der Waals surface area contributed by atoms with E-state index < -0.39 is 0 Å².